The summed E-state index contributed by atoms with van der Waals surface area (Å²) in [5.41, 5.74) is 0.615. The Bertz CT molecular complexity index is 1170. The number of hydrogen-bond donors (Lipinski definition) is 3. The standard InChI is InChI=1S/C21H18O7/c1-9(2)11-6-18(26)27-17-8-15(25)20-14(24)7-16(28-21(20)19(11)17)10-3-4-12(22)13(23)5-10/h3-5,7-9,11,22-23,25H,6H2,1-2H3. The summed E-state index contributed by atoms with van der Waals surface area (Å²) in [6.07, 6.45) is 0.137. The van der Waals surface area contributed by atoms with Crippen molar-refractivity contribution in [1.29, 1.82) is 0 Å². The van der Waals surface area contributed by atoms with Gasteiger partial charge in [0.05, 0.1) is 6.42 Å². The van der Waals surface area contributed by atoms with E-state index in [-0.39, 0.29) is 58.0 Å². The van der Waals surface area contributed by atoms with E-state index in [1.165, 1.54) is 30.3 Å². The fraction of sp³-hybridized carbons (Fsp3) is 0.238. The van der Waals surface area contributed by atoms with Crippen LogP contribution in [-0.2, 0) is 4.79 Å². The molecular formula is C21H18O7. The summed E-state index contributed by atoms with van der Waals surface area (Å²) in [4.78, 5) is 24.7. The van der Waals surface area contributed by atoms with Crippen LogP contribution in [0.15, 0.2) is 39.5 Å². The molecule has 2 heterocycles. The number of fused-ring (bicyclic) bond motifs is 3. The normalized spacial score (nSPS) is 16.2. The first kappa shape index (κ1) is 17.9. The van der Waals surface area contributed by atoms with Gasteiger partial charge in [-0.1, -0.05) is 13.8 Å². The molecule has 1 unspecified atom stereocenters. The summed E-state index contributed by atoms with van der Waals surface area (Å²) in [6, 6.07) is 6.53. The second-order valence-electron chi connectivity index (χ2n) is 7.22. The van der Waals surface area contributed by atoms with Crippen molar-refractivity contribution in [1.82, 2.24) is 0 Å². The summed E-state index contributed by atoms with van der Waals surface area (Å²) in [7, 11) is 0. The minimum Gasteiger partial charge on any atom is -0.507 e. The minimum atomic E-state index is -0.469. The Kier molecular flexibility index (Phi) is 4.03. The summed E-state index contributed by atoms with van der Waals surface area (Å²) in [5.74, 6) is -1.25. The first-order chi connectivity index (χ1) is 13.3. The molecule has 3 N–H and O–H groups in total. The van der Waals surface area contributed by atoms with Crippen LogP contribution in [0.4, 0.5) is 0 Å². The molecule has 2 aromatic carbocycles. The zero-order valence-corrected chi connectivity index (χ0v) is 15.2. The van der Waals surface area contributed by atoms with Crippen LogP contribution in [0.3, 0.4) is 0 Å². The van der Waals surface area contributed by atoms with Gasteiger partial charge in [-0.2, -0.15) is 0 Å². The topological polar surface area (TPSA) is 117 Å². The zero-order chi connectivity index (χ0) is 20.2. The smallest absolute Gasteiger partial charge is 0.311 e. The maximum atomic E-state index is 12.7. The predicted molar refractivity (Wildman–Crippen MR) is 101 cm³/mol. The van der Waals surface area contributed by atoms with Gasteiger partial charge in [-0.3, -0.25) is 9.59 Å². The van der Waals surface area contributed by atoms with Crippen LogP contribution in [0.5, 0.6) is 23.0 Å². The van der Waals surface area contributed by atoms with Gasteiger partial charge in [0, 0.05) is 29.2 Å². The third-order valence-electron chi connectivity index (χ3n) is 5.03. The molecule has 3 aromatic rings. The maximum Gasteiger partial charge on any atom is 0.311 e. The van der Waals surface area contributed by atoms with Crippen LogP contribution in [0.2, 0.25) is 0 Å². The Hall–Kier alpha value is -3.48. The van der Waals surface area contributed by atoms with Crippen molar-refractivity contribution in [2.45, 2.75) is 26.2 Å². The number of carbonyl (C=O) groups is 1. The average molecular weight is 382 g/mol. The van der Waals surface area contributed by atoms with Gasteiger partial charge in [0.15, 0.2) is 16.9 Å². The van der Waals surface area contributed by atoms with Gasteiger partial charge >= 0.3 is 5.97 Å². The van der Waals surface area contributed by atoms with Crippen molar-refractivity contribution in [2.75, 3.05) is 0 Å². The molecule has 1 aromatic heterocycles. The van der Waals surface area contributed by atoms with Crippen LogP contribution in [0.25, 0.3) is 22.3 Å². The van der Waals surface area contributed by atoms with Crippen molar-refractivity contribution in [3.8, 4) is 34.3 Å². The summed E-state index contributed by atoms with van der Waals surface area (Å²) >= 11 is 0. The first-order valence-corrected chi connectivity index (χ1v) is 8.83. The molecule has 4 rings (SSSR count). The van der Waals surface area contributed by atoms with E-state index in [0.29, 0.717) is 11.1 Å². The average Bonchev–Trinajstić information content (AvgIpc) is 2.62. The Balaban J connectivity index is 2.05. The van der Waals surface area contributed by atoms with Gasteiger partial charge in [0.2, 0.25) is 0 Å². The molecule has 144 valence electrons. The SMILES string of the molecule is CC(C)C1CC(=O)Oc2cc(O)c3c(=O)cc(-c4ccc(O)c(O)c4)oc3c21. The van der Waals surface area contributed by atoms with E-state index >= 15 is 0 Å². The van der Waals surface area contributed by atoms with E-state index < -0.39 is 11.4 Å². The fourth-order valence-corrected chi connectivity index (χ4v) is 3.58. The number of rotatable bonds is 2. The first-order valence-electron chi connectivity index (χ1n) is 8.83. The molecule has 1 aliphatic rings. The maximum absolute atomic E-state index is 12.7. The van der Waals surface area contributed by atoms with E-state index in [2.05, 4.69) is 0 Å². The molecule has 7 heteroatoms. The lowest BCUT2D eigenvalue weighted by molar-refractivity contribution is -0.136. The van der Waals surface area contributed by atoms with Crippen LogP contribution >= 0.6 is 0 Å². The number of hydrogen-bond acceptors (Lipinski definition) is 7. The molecule has 0 spiro atoms. The van der Waals surface area contributed by atoms with Crippen LogP contribution in [0, 0.1) is 5.92 Å². The molecule has 1 aliphatic heterocycles. The highest BCUT2D eigenvalue weighted by atomic mass is 16.5. The molecule has 0 amide bonds. The quantitative estimate of drug-likeness (QED) is 0.352. The molecule has 0 saturated carbocycles. The van der Waals surface area contributed by atoms with E-state index in [0.717, 1.165) is 0 Å². The lowest BCUT2D eigenvalue weighted by atomic mass is 9.82. The lowest BCUT2D eigenvalue weighted by Gasteiger charge is -2.28. The molecular weight excluding hydrogens is 364 g/mol. The van der Waals surface area contributed by atoms with Crippen LogP contribution in [0.1, 0.15) is 31.7 Å². The molecule has 0 fully saturated rings. The highest BCUT2D eigenvalue weighted by molar-refractivity contribution is 5.92. The number of benzene rings is 2. The second-order valence-corrected chi connectivity index (χ2v) is 7.22. The Morgan fingerprint density at radius 3 is 2.43 bits per heavy atom. The molecule has 0 bridgehead atoms. The summed E-state index contributed by atoms with van der Waals surface area (Å²) in [5, 5.41) is 29.6. The van der Waals surface area contributed by atoms with E-state index in [1.54, 1.807) is 0 Å². The van der Waals surface area contributed by atoms with Crippen LogP contribution in [-0.4, -0.2) is 21.3 Å². The third kappa shape index (κ3) is 2.76. The highest BCUT2D eigenvalue weighted by Crippen LogP contribution is 2.46. The fourth-order valence-electron chi connectivity index (χ4n) is 3.58. The van der Waals surface area contributed by atoms with Crippen molar-refractivity contribution >= 4 is 16.9 Å². The lowest BCUT2D eigenvalue weighted by Crippen LogP contribution is -2.24. The monoisotopic (exact) mass is 382 g/mol. The van der Waals surface area contributed by atoms with Crippen molar-refractivity contribution < 1.29 is 29.3 Å². The van der Waals surface area contributed by atoms with Crippen molar-refractivity contribution in [3.05, 3.63) is 46.1 Å². The predicted octanol–water partition coefficient (Wildman–Crippen LogP) is 3.63. The molecule has 0 radical (unpaired) electrons. The Morgan fingerprint density at radius 1 is 1.00 bits per heavy atom. The van der Waals surface area contributed by atoms with E-state index in [4.69, 9.17) is 9.15 Å². The minimum absolute atomic E-state index is 0.00843. The van der Waals surface area contributed by atoms with E-state index in [9.17, 15) is 24.9 Å². The van der Waals surface area contributed by atoms with Crippen LogP contribution < -0.4 is 10.2 Å². The van der Waals surface area contributed by atoms with Gasteiger partial charge in [0.25, 0.3) is 0 Å². The molecule has 28 heavy (non-hydrogen) atoms. The number of esters is 1. The number of phenols is 3. The second kappa shape index (κ2) is 6.30. The summed E-state index contributed by atoms with van der Waals surface area (Å²) in [6.45, 7) is 3.90. The van der Waals surface area contributed by atoms with Gasteiger partial charge in [0.1, 0.15) is 28.2 Å². The Labute approximate surface area is 159 Å². The highest BCUT2D eigenvalue weighted by Gasteiger charge is 2.34. The van der Waals surface area contributed by atoms with Gasteiger partial charge in [-0.15, -0.1) is 0 Å². The number of phenolic OH excluding ortho intramolecular Hbond substituents is 3. The van der Waals surface area contributed by atoms with E-state index in [1.807, 2.05) is 13.8 Å². The largest absolute Gasteiger partial charge is 0.507 e. The van der Waals surface area contributed by atoms with Gasteiger partial charge in [-0.25, -0.2) is 0 Å². The molecule has 1 atom stereocenters. The molecule has 7 nitrogen and oxygen atoms in total. The van der Waals surface area contributed by atoms with Crippen molar-refractivity contribution in [3.63, 3.8) is 0 Å². The van der Waals surface area contributed by atoms with Gasteiger partial charge < -0.3 is 24.5 Å². The zero-order valence-electron chi connectivity index (χ0n) is 15.2. The van der Waals surface area contributed by atoms with Gasteiger partial charge in [-0.05, 0) is 24.1 Å². The number of carbonyl (C=O) groups excluding carboxylic acids is 1. The summed E-state index contributed by atoms with van der Waals surface area (Å²) < 4.78 is 11.3. The number of ether oxygens (including phenoxy) is 1. The third-order valence-corrected chi connectivity index (χ3v) is 5.03. The van der Waals surface area contributed by atoms with Crippen molar-refractivity contribution in [2.24, 2.45) is 5.92 Å². The molecule has 0 saturated heterocycles. The molecule has 0 aliphatic carbocycles. The number of aromatic hydroxyl groups is 3. The Morgan fingerprint density at radius 2 is 1.75 bits per heavy atom.